The van der Waals surface area contributed by atoms with E-state index >= 15 is 0 Å². The van der Waals surface area contributed by atoms with E-state index in [4.69, 9.17) is 4.74 Å². The molecule has 5 heteroatoms. The molecular formula is C11H20N4O. The number of nitrogens with zero attached hydrogens (tertiary/aromatic N) is 2. The van der Waals surface area contributed by atoms with Gasteiger partial charge in [-0.3, -0.25) is 0 Å². The molecular weight excluding hydrogens is 204 g/mol. The number of aromatic nitrogens is 2. The van der Waals surface area contributed by atoms with E-state index in [1.54, 1.807) is 6.33 Å². The largest absolute Gasteiger partial charge is 0.377 e. The van der Waals surface area contributed by atoms with Crippen molar-refractivity contribution in [1.82, 2.24) is 9.97 Å². The second-order valence-corrected chi connectivity index (χ2v) is 3.59. The zero-order chi connectivity index (χ0) is 12.0. The molecule has 1 heterocycles. The number of rotatable bonds is 6. The first-order valence-corrected chi connectivity index (χ1v) is 5.53. The van der Waals surface area contributed by atoms with Crippen LogP contribution in [0.3, 0.4) is 0 Å². The molecule has 16 heavy (non-hydrogen) atoms. The highest BCUT2D eigenvalue weighted by atomic mass is 16.5. The molecule has 90 valence electrons. The highest BCUT2D eigenvalue weighted by molar-refractivity contribution is 5.56. The van der Waals surface area contributed by atoms with Gasteiger partial charge in [-0.25, -0.2) is 9.97 Å². The van der Waals surface area contributed by atoms with Crippen molar-refractivity contribution in [1.29, 1.82) is 0 Å². The van der Waals surface area contributed by atoms with E-state index in [0.29, 0.717) is 0 Å². The fraction of sp³-hybridized carbons (Fsp3) is 0.636. The van der Waals surface area contributed by atoms with Gasteiger partial charge in [0.15, 0.2) is 0 Å². The van der Waals surface area contributed by atoms with Gasteiger partial charge in [-0.1, -0.05) is 0 Å². The Morgan fingerprint density at radius 3 is 2.69 bits per heavy atom. The third-order valence-electron chi connectivity index (χ3n) is 2.33. The van der Waals surface area contributed by atoms with Crippen LogP contribution in [-0.4, -0.2) is 36.3 Å². The Bertz CT molecular complexity index is 330. The second kappa shape index (κ2) is 6.27. The molecule has 1 aromatic rings. The Balaban J connectivity index is 2.60. The van der Waals surface area contributed by atoms with Crippen molar-refractivity contribution in [2.75, 3.05) is 30.8 Å². The summed E-state index contributed by atoms with van der Waals surface area (Å²) in [6, 6.07) is 0. The zero-order valence-corrected chi connectivity index (χ0v) is 10.4. The van der Waals surface area contributed by atoms with Crippen LogP contribution >= 0.6 is 0 Å². The minimum atomic E-state index is 0.178. The summed E-state index contributed by atoms with van der Waals surface area (Å²) < 4.78 is 5.44. The summed E-state index contributed by atoms with van der Waals surface area (Å²) >= 11 is 0. The molecule has 1 rings (SSSR count). The lowest BCUT2D eigenvalue weighted by molar-refractivity contribution is 0.0855. The lowest BCUT2D eigenvalue weighted by Gasteiger charge is -2.15. The van der Waals surface area contributed by atoms with Crippen LogP contribution in [0.1, 0.15) is 19.4 Å². The molecule has 0 fully saturated rings. The molecule has 2 N–H and O–H groups in total. The van der Waals surface area contributed by atoms with Crippen molar-refractivity contribution >= 4 is 11.6 Å². The first kappa shape index (κ1) is 12.7. The van der Waals surface area contributed by atoms with Crippen LogP contribution in [0.15, 0.2) is 6.33 Å². The van der Waals surface area contributed by atoms with Gasteiger partial charge in [0.25, 0.3) is 0 Å². The molecule has 0 aliphatic carbocycles. The van der Waals surface area contributed by atoms with Crippen molar-refractivity contribution < 1.29 is 4.74 Å². The summed E-state index contributed by atoms with van der Waals surface area (Å²) in [6.07, 6.45) is 1.73. The maximum Gasteiger partial charge on any atom is 0.134 e. The van der Waals surface area contributed by atoms with Crippen molar-refractivity contribution in [3.8, 4) is 0 Å². The smallest absolute Gasteiger partial charge is 0.134 e. The third kappa shape index (κ3) is 3.34. The van der Waals surface area contributed by atoms with E-state index in [9.17, 15) is 0 Å². The number of hydrogen-bond acceptors (Lipinski definition) is 5. The molecule has 0 amide bonds. The Labute approximate surface area is 96.6 Å². The molecule has 0 saturated heterocycles. The van der Waals surface area contributed by atoms with E-state index in [-0.39, 0.29) is 6.10 Å². The first-order chi connectivity index (χ1) is 7.69. The normalized spacial score (nSPS) is 12.2. The average Bonchev–Trinajstić information content (AvgIpc) is 2.28. The molecule has 5 nitrogen and oxygen atoms in total. The SMILES string of the molecule is CCOC(C)CNc1ncnc(NC)c1C. The van der Waals surface area contributed by atoms with Crippen LogP contribution in [0.5, 0.6) is 0 Å². The number of anilines is 2. The fourth-order valence-electron chi connectivity index (χ4n) is 1.46. The van der Waals surface area contributed by atoms with E-state index in [0.717, 1.165) is 30.4 Å². The van der Waals surface area contributed by atoms with Crippen molar-refractivity contribution in [2.24, 2.45) is 0 Å². The lowest BCUT2D eigenvalue weighted by Crippen LogP contribution is -2.21. The van der Waals surface area contributed by atoms with E-state index in [1.807, 2.05) is 27.8 Å². The standard InChI is InChI=1S/C11H20N4O/c1-5-16-8(2)6-13-11-9(3)10(12-4)14-7-15-11/h7-8H,5-6H2,1-4H3,(H2,12,13,14,15). The summed E-state index contributed by atoms with van der Waals surface area (Å²) in [5, 5.41) is 6.28. The Morgan fingerprint density at radius 2 is 2.06 bits per heavy atom. The van der Waals surface area contributed by atoms with Gasteiger partial charge in [0.1, 0.15) is 18.0 Å². The van der Waals surface area contributed by atoms with Crippen LogP contribution in [0.2, 0.25) is 0 Å². The third-order valence-corrected chi connectivity index (χ3v) is 2.33. The molecule has 0 aliphatic heterocycles. The minimum Gasteiger partial charge on any atom is -0.377 e. The average molecular weight is 224 g/mol. The second-order valence-electron chi connectivity index (χ2n) is 3.59. The summed E-state index contributed by atoms with van der Waals surface area (Å²) in [5.74, 6) is 1.70. The van der Waals surface area contributed by atoms with Gasteiger partial charge < -0.3 is 15.4 Å². The maximum atomic E-state index is 5.44. The van der Waals surface area contributed by atoms with E-state index < -0.39 is 0 Å². The van der Waals surface area contributed by atoms with Gasteiger partial charge in [0.2, 0.25) is 0 Å². The fourth-order valence-corrected chi connectivity index (χ4v) is 1.46. The Morgan fingerprint density at radius 1 is 1.38 bits per heavy atom. The number of hydrogen-bond donors (Lipinski definition) is 2. The van der Waals surface area contributed by atoms with Crippen LogP contribution in [0.25, 0.3) is 0 Å². The van der Waals surface area contributed by atoms with E-state index in [2.05, 4.69) is 20.6 Å². The van der Waals surface area contributed by atoms with E-state index in [1.165, 1.54) is 0 Å². The molecule has 1 aromatic heterocycles. The molecule has 0 spiro atoms. The summed E-state index contributed by atoms with van der Waals surface area (Å²) in [6.45, 7) is 7.49. The van der Waals surface area contributed by atoms with Crippen LogP contribution < -0.4 is 10.6 Å². The molecule has 0 bridgehead atoms. The Hall–Kier alpha value is -1.36. The highest BCUT2D eigenvalue weighted by Crippen LogP contribution is 2.17. The predicted molar refractivity (Wildman–Crippen MR) is 65.9 cm³/mol. The van der Waals surface area contributed by atoms with Crippen LogP contribution in [-0.2, 0) is 4.74 Å². The molecule has 1 unspecified atom stereocenters. The Kier molecular flexibility index (Phi) is 4.98. The quantitative estimate of drug-likeness (QED) is 0.769. The van der Waals surface area contributed by atoms with Gasteiger partial charge in [-0.2, -0.15) is 0 Å². The molecule has 0 saturated carbocycles. The van der Waals surface area contributed by atoms with Crippen molar-refractivity contribution in [3.05, 3.63) is 11.9 Å². The topological polar surface area (TPSA) is 59.1 Å². The highest BCUT2D eigenvalue weighted by Gasteiger charge is 2.06. The maximum absolute atomic E-state index is 5.44. The van der Waals surface area contributed by atoms with Gasteiger partial charge in [-0.05, 0) is 20.8 Å². The minimum absolute atomic E-state index is 0.178. The monoisotopic (exact) mass is 224 g/mol. The summed E-state index contributed by atoms with van der Waals surface area (Å²) in [5.41, 5.74) is 1.02. The van der Waals surface area contributed by atoms with Crippen molar-refractivity contribution in [3.63, 3.8) is 0 Å². The molecule has 0 aromatic carbocycles. The van der Waals surface area contributed by atoms with Crippen molar-refractivity contribution in [2.45, 2.75) is 26.9 Å². The van der Waals surface area contributed by atoms with Gasteiger partial charge in [0, 0.05) is 25.8 Å². The zero-order valence-electron chi connectivity index (χ0n) is 10.4. The number of ether oxygens (including phenoxy) is 1. The van der Waals surface area contributed by atoms with Crippen LogP contribution in [0.4, 0.5) is 11.6 Å². The first-order valence-electron chi connectivity index (χ1n) is 5.53. The summed E-state index contributed by atoms with van der Waals surface area (Å²) in [4.78, 5) is 8.33. The van der Waals surface area contributed by atoms with Gasteiger partial charge in [0.05, 0.1) is 6.10 Å². The predicted octanol–water partition coefficient (Wildman–Crippen LogP) is 1.66. The molecule has 0 aliphatic rings. The summed E-state index contributed by atoms with van der Waals surface area (Å²) in [7, 11) is 1.85. The lowest BCUT2D eigenvalue weighted by atomic mass is 10.3. The molecule has 1 atom stereocenters. The van der Waals surface area contributed by atoms with Gasteiger partial charge in [-0.15, -0.1) is 0 Å². The number of nitrogens with one attached hydrogen (secondary N) is 2. The van der Waals surface area contributed by atoms with Gasteiger partial charge >= 0.3 is 0 Å². The molecule has 0 radical (unpaired) electrons. The van der Waals surface area contributed by atoms with Crippen LogP contribution in [0, 0.1) is 6.92 Å².